The van der Waals surface area contributed by atoms with Gasteiger partial charge in [-0.05, 0) is 0 Å². The molecule has 0 aliphatic carbocycles. The van der Waals surface area contributed by atoms with Crippen molar-refractivity contribution in [1.82, 2.24) is 4.90 Å². The Balaban J connectivity index is 3.66. The lowest BCUT2D eigenvalue weighted by Crippen LogP contribution is -2.33. The smallest absolute Gasteiger partial charge is 0.103 e. The molecule has 0 aliphatic rings. The summed E-state index contributed by atoms with van der Waals surface area (Å²) in [6, 6.07) is 0. The van der Waals surface area contributed by atoms with Crippen LogP contribution in [0.25, 0.3) is 0 Å². The molecule has 0 aromatic carbocycles. The standard InChI is InChI=1S/C12H27NO6/c1-14-4-7-17-10-13(11-18-8-5-15-2)12-19-9-6-16-3/h4-12H2,1-3H3. The van der Waals surface area contributed by atoms with Crippen molar-refractivity contribution in [1.29, 1.82) is 0 Å². The average molecular weight is 281 g/mol. The minimum absolute atomic E-state index is 0.434. The van der Waals surface area contributed by atoms with Crippen molar-refractivity contribution in [3.05, 3.63) is 0 Å². The Bertz CT molecular complexity index is 144. The van der Waals surface area contributed by atoms with Crippen LogP contribution in [0.1, 0.15) is 0 Å². The van der Waals surface area contributed by atoms with E-state index in [1.54, 1.807) is 21.3 Å². The molecule has 0 rings (SSSR count). The normalized spacial score (nSPS) is 11.4. The molecule has 0 unspecified atom stereocenters. The van der Waals surface area contributed by atoms with Gasteiger partial charge in [0.2, 0.25) is 0 Å². The summed E-state index contributed by atoms with van der Waals surface area (Å²) >= 11 is 0. The van der Waals surface area contributed by atoms with E-state index in [-0.39, 0.29) is 0 Å². The predicted octanol–water partition coefficient (Wildman–Crippen LogP) is 0.150. The fourth-order valence-corrected chi connectivity index (χ4v) is 1.12. The topological polar surface area (TPSA) is 58.6 Å². The molecule has 7 nitrogen and oxygen atoms in total. The zero-order valence-electron chi connectivity index (χ0n) is 12.3. The molecule has 116 valence electrons. The summed E-state index contributed by atoms with van der Waals surface area (Å²) in [7, 11) is 4.93. The minimum atomic E-state index is 0.434. The van der Waals surface area contributed by atoms with Crippen LogP contribution in [0.3, 0.4) is 0 Å². The summed E-state index contributed by atoms with van der Waals surface area (Å²) < 4.78 is 31.0. The van der Waals surface area contributed by atoms with Crippen LogP contribution in [0.5, 0.6) is 0 Å². The lowest BCUT2D eigenvalue weighted by Gasteiger charge is -2.21. The number of ether oxygens (including phenoxy) is 6. The third kappa shape index (κ3) is 13.9. The molecule has 0 aromatic heterocycles. The second-order valence-electron chi connectivity index (χ2n) is 3.76. The third-order valence-electron chi connectivity index (χ3n) is 2.12. The van der Waals surface area contributed by atoms with Gasteiger partial charge in [0, 0.05) is 21.3 Å². The summed E-state index contributed by atoms with van der Waals surface area (Å²) in [6.45, 7) is 4.65. The predicted molar refractivity (Wildman–Crippen MR) is 69.9 cm³/mol. The van der Waals surface area contributed by atoms with Crippen LogP contribution in [0.15, 0.2) is 0 Å². The van der Waals surface area contributed by atoms with Crippen LogP contribution in [-0.2, 0) is 28.4 Å². The highest BCUT2D eigenvalue weighted by atomic mass is 16.6. The first kappa shape index (κ1) is 18.7. The molecule has 0 aromatic rings. The number of hydrogen-bond acceptors (Lipinski definition) is 7. The van der Waals surface area contributed by atoms with E-state index in [0.29, 0.717) is 59.8 Å². The maximum Gasteiger partial charge on any atom is 0.103 e. The highest BCUT2D eigenvalue weighted by Crippen LogP contribution is 1.93. The van der Waals surface area contributed by atoms with Crippen LogP contribution in [0.4, 0.5) is 0 Å². The van der Waals surface area contributed by atoms with E-state index >= 15 is 0 Å². The maximum absolute atomic E-state index is 5.43. The molecule has 7 heteroatoms. The van der Waals surface area contributed by atoms with E-state index in [4.69, 9.17) is 28.4 Å². The largest absolute Gasteiger partial charge is 0.382 e. The monoisotopic (exact) mass is 281 g/mol. The third-order valence-corrected chi connectivity index (χ3v) is 2.12. The Morgan fingerprint density at radius 1 is 0.526 bits per heavy atom. The van der Waals surface area contributed by atoms with E-state index in [1.807, 2.05) is 4.90 Å². The first-order valence-electron chi connectivity index (χ1n) is 6.27. The lowest BCUT2D eigenvalue weighted by molar-refractivity contribution is -0.110. The molecule has 0 aliphatic heterocycles. The van der Waals surface area contributed by atoms with Crippen molar-refractivity contribution in [2.75, 3.05) is 81.2 Å². The van der Waals surface area contributed by atoms with Crippen molar-refractivity contribution < 1.29 is 28.4 Å². The van der Waals surface area contributed by atoms with Crippen molar-refractivity contribution >= 4 is 0 Å². The van der Waals surface area contributed by atoms with Crippen molar-refractivity contribution in [2.45, 2.75) is 0 Å². The highest BCUT2D eigenvalue weighted by molar-refractivity contribution is 4.40. The molecule has 0 radical (unpaired) electrons. The first-order chi connectivity index (χ1) is 9.35. The lowest BCUT2D eigenvalue weighted by atomic mass is 10.7. The number of hydrogen-bond donors (Lipinski definition) is 0. The fourth-order valence-electron chi connectivity index (χ4n) is 1.12. The van der Waals surface area contributed by atoms with Crippen LogP contribution in [0, 0.1) is 0 Å². The van der Waals surface area contributed by atoms with E-state index in [9.17, 15) is 0 Å². The van der Waals surface area contributed by atoms with Crippen molar-refractivity contribution in [3.63, 3.8) is 0 Å². The summed E-state index contributed by atoms with van der Waals surface area (Å²) in [6.07, 6.45) is 0. The second-order valence-corrected chi connectivity index (χ2v) is 3.76. The maximum atomic E-state index is 5.43. The van der Waals surface area contributed by atoms with Crippen LogP contribution in [0.2, 0.25) is 0 Å². The quantitative estimate of drug-likeness (QED) is 0.313. The SMILES string of the molecule is COCCOCN(COCCOC)COCCOC. The molecule has 0 heterocycles. The Morgan fingerprint density at radius 3 is 1.11 bits per heavy atom. The molecule has 0 fully saturated rings. The molecular formula is C12H27NO6. The van der Waals surface area contributed by atoms with Gasteiger partial charge >= 0.3 is 0 Å². The van der Waals surface area contributed by atoms with Gasteiger partial charge in [0.25, 0.3) is 0 Å². The van der Waals surface area contributed by atoms with Crippen molar-refractivity contribution in [3.8, 4) is 0 Å². The van der Waals surface area contributed by atoms with Crippen LogP contribution in [-0.4, -0.2) is 86.1 Å². The molecule has 0 saturated heterocycles. The summed E-state index contributed by atoms with van der Waals surface area (Å²) in [5, 5.41) is 0. The molecular weight excluding hydrogens is 254 g/mol. The number of methoxy groups -OCH3 is 3. The molecule has 0 amide bonds. The zero-order chi connectivity index (χ0) is 14.2. The van der Waals surface area contributed by atoms with E-state index in [0.717, 1.165) is 0 Å². The van der Waals surface area contributed by atoms with Crippen LogP contribution < -0.4 is 0 Å². The van der Waals surface area contributed by atoms with Gasteiger partial charge in [0.15, 0.2) is 0 Å². The van der Waals surface area contributed by atoms with Crippen molar-refractivity contribution in [2.24, 2.45) is 0 Å². The van der Waals surface area contributed by atoms with Gasteiger partial charge in [-0.2, -0.15) is 0 Å². The Kier molecular flexibility index (Phi) is 15.5. The molecule has 0 N–H and O–H groups in total. The van der Waals surface area contributed by atoms with E-state index in [2.05, 4.69) is 0 Å². The Morgan fingerprint density at radius 2 is 0.842 bits per heavy atom. The second kappa shape index (κ2) is 15.8. The van der Waals surface area contributed by atoms with Gasteiger partial charge in [0.05, 0.1) is 39.6 Å². The number of nitrogens with zero attached hydrogens (tertiary/aromatic N) is 1. The van der Waals surface area contributed by atoms with Gasteiger partial charge in [-0.25, -0.2) is 4.90 Å². The van der Waals surface area contributed by atoms with E-state index in [1.165, 1.54) is 0 Å². The molecule has 0 atom stereocenters. The van der Waals surface area contributed by atoms with Gasteiger partial charge < -0.3 is 28.4 Å². The van der Waals surface area contributed by atoms with Gasteiger partial charge in [0.1, 0.15) is 20.2 Å². The minimum Gasteiger partial charge on any atom is -0.382 e. The molecule has 0 saturated carbocycles. The first-order valence-corrected chi connectivity index (χ1v) is 6.27. The van der Waals surface area contributed by atoms with Gasteiger partial charge in [-0.15, -0.1) is 0 Å². The Hall–Kier alpha value is -0.280. The average Bonchev–Trinajstić information content (AvgIpc) is 2.43. The molecule has 0 bridgehead atoms. The number of rotatable bonds is 15. The summed E-state index contributed by atoms with van der Waals surface area (Å²) in [5.74, 6) is 0. The van der Waals surface area contributed by atoms with Gasteiger partial charge in [-0.1, -0.05) is 0 Å². The molecule has 0 spiro atoms. The van der Waals surface area contributed by atoms with E-state index < -0.39 is 0 Å². The summed E-state index contributed by atoms with van der Waals surface area (Å²) in [5.41, 5.74) is 0. The fraction of sp³-hybridized carbons (Fsp3) is 1.00. The molecule has 19 heavy (non-hydrogen) atoms. The summed E-state index contributed by atoms with van der Waals surface area (Å²) in [4.78, 5) is 1.90. The highest BCUT2D eigenvalue weighted by Gasteiger charge is 2.05. The van der Waals surface area contributed by atoms with Crippen LogP contribution >= 0.6 is 0 Å². The van der Waals surface area contributed by atoms with Gasteiger partial charge in [-0.3, -0.25) is 0 Å². The Labute approximate surface area is 115 Å². The zero-order valence-corrected chi connectivity index (χ0v) is 12.3.